The predicted octanol–water partition coefficient (Wildman–Crippen LogP) is 1.87. The van der Waals surface area contributed by atoms with Crippen LogP contribution < -0.4 is 16.6 Å². The van der Waals surface area contributed by atoms with Crippen molar-refractivity contribution in [2.24, 2.45) is 23.4 Å². The monoisotopic (exact) mass is 479 g/mol. The van der Waals surface area contributed by atoms with E-state index in [0.717, 1.165) is 29.6 Å². The summed E-state index contributed by atoms with van der Waals surface area (Å²) in [6, 6.07) is 10.8. The Balaban J connectivity index is 0.000000167. The number of rotatable bonds is 6. The fourth-order valence-corrected chi connectivity index (χ4v) is 5.01. The molecule has 2 aromatic heterocycles. The van der Waals surface area contributed by atoms with Crippen LogP contribution in [0.1, 0.15) is 15.9 Å². The normalized spacial score (nSPS) is 20.1. The lowest BCUT2D eigenvalue weighted by Gasteiger charge is -2.18. The molecule has 5 rings (SSSR count). The van der Waals surface area contributed by atoms with E-state index in [1.807, 2.05) is 0 Å². The highest BCUT2D eigenvalue weighted by molar-refractivity contribution is 6.36. The van der Waals surface area contributed by atoms with Crippen LogP contribution in [0.25, 0.3) is 10.9 Å². The maximum Gasteiger partial charge on any atom is 0.227 e. The van der Waals surface area contributed by atoms with Crippen LogP contribution in [0.15, 0.2) is 55.1 Å². The Morgan fingerprint density at radius 3 is 2.54 bits per heavy atom. The summed E-state index contributed by atoms with van der Waals surface area (Å²) in [5.74, 6) is 6.11. The number of pyridine rings is 1. The standard InChI is InChI=1S/C14H20N2.C11H10FN5O2/c1-15-8-13-10-16(11-14(13)9-15)7-12-5-3-2-4-6-12;12-7-4-16-11(17(14)2-1-13)10-9(7)6(3-15-10)8(19)5-18/h2-6,13-14H,7-11H2,1H3;1-5,15H,13-14H2/b;2-1-. The maximum atomic E-state index is 13.8. The van der Waals surface area contributed by atoms with Gasteiger partial charge >= 0.3 is 0 Å². The van der Waals surface area contributed by atoms with Gasteiger partial charge in [0.05, 0.1) is 22.7 Å². The number of aldehydes is 1. The highest BCUT2D eigenvalue weighted by atomic mass is 19.1. The van der Waals surface area contributed by atoms with Crippen molar-refractivity contribution in [3.8, 4) is 0 Å². The number of halogens is 1. The topological polar surface area (TPSA) is 125 Å². The van der Waals surface area contributed by atoms with Crippen molar-refractivity contribution in [2.75, 3.05) is 38.2 Å². The van der Waals surface area contributed by atoms with Gasteiger partial charge in [0.1, 0.15) is 0 Å². The second kappa shape index (κ2) is 10.8. The number of carbonyl (C=O) groups excluding carboxylic acids is 2. The van der Waals surface area contributed by atoms with Crippen molar-refractivity contribution in [1.29, 1.82) is 0 Å². The van der Waals surface area contributed by atoms with Crippen LogP contribution in [-0.2, 0) is 11.3 Å². The van der Waals surface area contributed by atoms with Crippen LogP contribution in [0.3, 0.4) is 0 Å². The molecule has 0 spiro atoms. The van der Waals surface area contributed by atoms with Crippen LogP contribution in [0.4, 0.5) is 10.2 Å². The Morgan fingerprint density at radius 2 is 1.91 bits per heavy atom. The van der Waals surface area contributed by atoms with E-state index in [0.29, 0.717) is 0 Å². The fourth-order valence-electron chi connectivity index (χ4n) is 5.01. The first kappa shape index (κ1) is 24.5. The number of benzene rings is 1. The zero-order valence-electron chi connectivity index (χ0n) is 19.6. The lowest BCUT2D eigenvalue weighted by atomic mass is 10.0. The Kier molecular flexibility index (Phi) is 7.54. The molecule has 10 heteroatoms. The van der Waals surface area contributed by atoms with Crippen molar-refractivity contribution in [3.05, 3.63) is 72.1 Å². The Hall–Kier alpha value is -3.60. The summed E-state index contributed by atoms with van der Waals surface area (Å²) in [5.41, 5.74) is 6.78. The summed E-state index contributed by atoms with van der Waals surface area (Å²) in [6.45, 7) is 6.33. The molecule has 2 atom stereocenters. The molecule has 9 nitrogen and oxygen atoms in total. The van der Waals surface area contributed by atoms with E-state index in [4.69, 9.17) is 11.6 Å². The maximum absolute atomic E-state index is 13.8. The van der Waals surface area contributed by atoms with Gasteiger partial charge in [-0.05, 0) is 24.4 Å². The number of nitrogens with zero attached hydrogens (tertiary/aromatic N) is 4. The Bertz CT molecular complexity index is 1200. The summed E-state index contributed by atoms with van der Waals surface area (Å²) in [5, 5.41) is 1.02. The van der Waals surface area contributed by atoms with Crippen molar-refractivity contribution >= 4 is 28.8 Å². The number of ketones is 1. The van der Waals surface area contributed by atoms with Gasteiger partial charge in [-0.2, -0.15) is 0 Å². The summed E-state index contributed by atoms with van der Waals surface area (Å²) < 4.78 is 13.8. The van der Waals surface area contributed by atoms with Crippen molar-refractivity contribution < 1.29 is 14.0 Å². The van der Waals surface area contributed by atoms with Gasteiger partial charge in [0.15, 0.2) is 17.9 Å². The van der Waals surface area contributed by atoms with Crippen LogP contribution >= 0.6 is 0 Å². The smallest absolute Gasteiger partial charge is 0.227 e. The number of nitrogens with two attached hydrogens (primary N) is 2. The number of Topliss-reactive ketones (excluding diaryl/α,β-unsaturated/α-hetero) is 1. The van der Waals surface area contributed by atoms with Gasteiger partial charge in [-0.15, -0.1) is 0 Å². The number of carbonyl (C=O) groups is 2. The number of nitrogens with one attached hydrogen (secondary N) is 1. The highest BCUT2D eigenvalue weighted by Gasteiger charge is 2.38. The minimum Gasteiger partial charge on any atom is -0.403 e. The zero-order valence-corrected chi connectivity index (χ0v) is 19.6. The summed E-state index contributed by atoms with van der Waals surface area (Å²) >= 11 is 0. The first-order valence-electron chi connectivity index (χ1n) is 11.4. The lowest BCUT2D eigenvalue weighted by Crippen LogP contribution is -2.26. The molecule has 0 aliphatic carbocycles. The van der Waals surface area contributed by atoms with Crippen molar-refractivity contribution in [3.63, 3.8) is 0 Å². The van der Waals surface area contributed by atoms with Crippen LogP contribution in [0, 0.1) is 17.7 Å². The molecule has 0 saturated carbocycles. The average molecular weight is 480 g/mol. The number of fused-ring (bicyclic) bond motifs is 2. The predicted molar refractivity (Wildman–Crippen MR) is 133 cm³/mol. The SMILES string of the molecule is CN1CC2CN(Cc3ccccc3)CC2C1.N/C=C\N(N)c1ncc(F)c2c(C(=O)C=O)c[nH]c12. The number of aromatic amines is 1. The second-order valence-electron chi connectivity index (χ2n) is 9.03. The molecule has 5 N–H and O–H groups in total. The highest BCUT2D eigenvalue weighted by Crippen LogP contribution is 2.31. The number of hydrogen-bond acceptors (Lipinski definition) is 8. The molecule has 0 amide bonds. The van der Waals surface area contributed by atoms with Gasteiger partial charge in [0.2, 0.25) is 5.78 Å². The quantitative estimate of drug-likeness (QED) is 0.161. The molecule has 2 saturated heterocycles. The van der Waals surface area contributed by atoms with E-state index < -0.39 is 11.6 Å². The van der Waals surface area contributed by atoms with E-state index in [2.05, 4.69) is 57.1 Å². The molecule has 1 aromatic carbocycles. The lowest BCUT2D eigenvalue weighted by molar-refractivity contribution is -0.104. The van der Waals surface area contributed by atoms with Gasteiger partial charge in [-0.25, -0.2) is 15.2 Å². The third-order valence-electron chi connectivity index (χ3n) is 6.50. The van der Waals surface area contributed by atoms with E-state index in [1.165, 1.54) is 50.3 Å². The number of anilines is 1. The average Bonchev–Trinajstić information content (AvgIpc) is 3.53. The van der Waals surface area contributed by atoms with E-state index in [1.54, 1.807) is 0 Å². The number of hydrazine groups is 1. The Morgan fingerprint density at radius 1 is 1.23 bits per heavy atom. The van der Waals surface area contributed by atoms with Gasteiger partial charge < -0.3 is 15.6 Å². The van der Waals surface area contributed by atoms with Crippen LogP contribution in [0.5, 0.6) is 0 Å². The van der Waals surface area contributed by atoms with Crippen LogP contribution in [0.2, 0.25) is 0 Å². The molecule has 4 heterocycles. The van der Waals surface area contributed by atoms with E-state index in [-0.39, 0.29) is 28.6 Å². The fraction of sp³-hybridized carbons (Fsp3) is 0.320. The number of likely N-dealkylation sites (tertiary alicyclic amines) is 2. The molecule has 0 radical (unpaired) electrons. The van der Waals surface area contributed by atoms with Crippen LogP contribution in [-0.4, -0.2) is 65.1 Å². The third kappa shape index (κ3) is 5.40. The molecule has 2 aliphatic rings. The number of hydrogen-bond donors (Lipinski definition) is 3. The molecule has 2 aliphatic heterocycles. The Labute approximate surface area is 203 Å². The minimum absolute atomic E-state index is 0.0389. The summed E-state index contributed by atoms with van der Waals surface area (Å²) in [7, 11) is 2.25. The number of aromatic nitrogens is 2. The first-order valence-corrected chi connectivity index (χ1v) is 11.4. The first-order chi connectivity index (χ1) is 16.9. The molecule has 35 heavy (non-hydrogen) atoms. The molecule has 2 unspecified atom stereocenters. The van der Waals surface area contributed by atoms with Gasteiger partial charge in [0.25, 0.3) is 0 Å². The molecule has 3 aromatic rings. The van der Waals surface area contributed by atoms with Crippen molar-refractivity contribution in [1.82, 2.24) is 19.8 Å². The minimum atomic E-state index is -0.833. The summed E-state index contributed by atoms with van der Waals surface area (Å²) in [6.07, 6.45) is 4.74. The second-order valence-corrected chi connectivity index (χ2v) is 9.03. The summed E-state index contributed by atoms with van der Waals surface area (Å²) in [4.78, 5) is 33.5. The molecule has 0 bridgehead atoms. The van der Waals surface area contributed by atoms with Gasteiger partial charge in [-0.1, -0.05) is 30.3 Å². The molecular weight excluding hydrogens is 449 g/mol. The zero-order chi connectivity index (χ0) is 24.9. The molecular formula is C25H30FN7O2. The third-order valence-corrected chi connectivity index (χ3v) is 6.50. The van der Waals surface area contributed by atoms with Gasteiger partial charge in [0, 0.05) is 51.3 Å². The van der Waals surface area contributed by atoms with E-state index in [9.17, 15) is 14.0 Å². The number of H-pyrrole nitrogens is 1. The molecule has 184 valence electrons. The van der Waals surface area contributed by atoms with E-state index >= 15 is 0 Å². The van der Waals surface area contributed by atoms with Crippen molar-refractivity contribution in [2.45, 2.75) is 6.54 Å². The van der Waals surface area contributed by atoms with Gasteiger partial charge in [-0.3, -0.25) is 19.5 Å². The molecule has 2 fully saturated rings. The largest absolute Gasteiger partial charge is 0.403 e.